The molecule has 0 unspecified atom stereocenters. The third kappa shape index (κ3) is 3.07. The molecule has 0 spiro atoms. The summed E-state index contributed by atoms with van der Waals surface area (Å²) in [5, 5.41) is 3.27. The van der Waals surface area contributed by atoms with Gasteiger partial charge in [0.05, 0.1) is 19.2 Å². The van der Waals surface area contributed by atoms with Gasteiger partial charge >= 0.3 is 5.97 Å². The lowest BCUT2D eigenvalue weighted by Crippen LogP contribution is -2.33. The van der Waals surface area contributed by atoms with Crippen LogP contribution in [0.4, 0.5) is 5.00 Å². The van der Waals surface area contributed by atoms with Crippen molar-refractivity contribution in [2.45, 2.75) is 33.2 Å². The first-order valence-electron chi connectivity index (χ1n) is 6.76. The normalized spacial score (nSPS) is 13.6. The third-order valence-electron chi connectivity index (χ3n) is 3.47. The highest BCUT2D eigenvalue weighted by molar-refractivity contribution is 7.17. The number of rotatable bonds is 3. The second-order valence-electron chi connectivity index (χ2n) is 4.79. The topological polar surface area (TPSA) is 75.7 Å². The van der Waals surface area contributed by atoms with Crippen LogP contribution >= 0.6 is 11.3 Å². The van der Waals surface area contributed by atoms with E-state index in [-0.39, 0.29) is 11.8 Å². The highest BCUT2D eigenvalue weighted by Gasteiger charge is 2.29. The van der Waals surface area contributed by atoms with Crippen molar-refractivity contribution in [3.8, 4) is 0 Å². The molecule has 0 bridgehead atoms. The molecule has 1 aliphatic rings. The van der Waals surface area contributed by atoms with E-state index in [1.165, 1.54) is 25.4 Å². The van der Waals surface area contributed by atoms with Crippen LogP contribution in [0, 0.1) is 0 Å². The zero-order valence-corrected chi connectivity index (χ0v) is 13.1. The van der Waals surface area contributed by atoms with Gasteiger partial charge in [-0.1, -0.05) is 6.92 Å². The van der Waals surface area contributed by atoms with Crippen LogP contribution in [0.25, 0.3) is 0 Å². The highest BCUT2D eigenvalue weighted by atomic mass is 32.1. The second kappa shape index (κ2) is 6.26. The third-order valence-corrected chi connectivity index (χ3v) is 4.60. The summed E-state index contributed by atoms with van der Waals surface area (Å²) in [6, 6.07) is 0. The second-order valence-corrected chi connectivity index (χ2v) is 5.90. The van der Waals surface area contributed by atoms with Crippen LogP contribution < -0.4 is 5.32 Å². The lowest BCUT2D eigenvalue weighted by atomic mass is 10.0. The standard InChI is InChI=1S/C14H18N2O4S/c1-4-11(18)15-13-12(14(19)20-3)9-5-6-16(8(2)17)7-10(9)21-13/h4-7H2,1-3H3,(H,15,18). The lowest BCUT2D eigenvalue weighted by Gasteiger charge is -2.25. The quantitative estimate of drug-likeness (QED) is 0.864. The fourth-order valence-electron chi connectivity index (χ4n) is 2.29. The maximum absolute atomic E-state index is 12.0. The van der Waals surface area contributed by atoms with Crippen molar-refractivity contribution in [2.75, 3.05) is 19.0 Å². The summed E-state index contributed by atoms with van der Waals surface area (Å²) in [4.78, 5) is 37.8. The molecule has 1 aliphatic heterocycles. The first kappa shape index (κ1) is 15.5. The first-order chi connectivity index (χ1) is 9.97. The molecule has 0 aromatic carbocycles. The van der Waals surface area contributed by atoms with Gasteiger partial charge in [0, 0.05) is 24.8 Å². The molecule has 0 saturated heterocycles. The molecule has 1 aromatic heterocycles. The average Bonchev–Trinajstić information content (AvgIpc) is 2.82. The number of anilines is 1. The van der Waals surface area contributed by atoms with Crippen molar-refractivity contribution in [3.63, 3.8) is 0 Å². The maximum Gasteiger partial charge on any atom is 0.341 e. The molecule has 1 N–H and O–H groups in total. The number of carbonyl (C=O) groups is 3. The molecule has 7 heteroatoms. The predicted octanol–water partition coefficient (Wildman–Crippen LogP) is 1.79. The summed E-state index contributed by atoms with van der Waals surface area (Å²) in [6.45, 7) is 4.32. The minimum atomic E-state index is -0.449. The van der Waals surface area contributed by atoms with Crippen LogP contribution in [0.2, 0.25) is 0 Å². The Kier molecular flexibility index (Phi) is 4.62. The number of esters is 1. The Balaban J connectivity index is 2.40. The Morgan fingerprint density at radius 1 is 1.38 bits per heavy atom. The summed E-state index contributed by atoms with van der Waals surface area (Å²) in [6.07, 6.45) is 0.931. The average molecular weight is 310 g/mol. The van der Waals surface area contributed by atoms with Gasteiger partial charge in [-0.05, 0) is 12.0 Å². The smallest absolute Gasteiger partial charge is 0.341 e. The molecule has 21 heavy (non-hydrogen) atoms. The predicted molar refractivity (Wildman–Crippen MR) is 79.4 cm³/mol. The fourth-order valence-corrected chi connectivity index (χ4v) is 3.56. The molecule has 0 atom stereocenters. The molecule has 0 fully saturated rings. The summed E-state index contributed by atoms with van der Waals surface area (Å²) in [7, 11) is 1.32. The van der Waals surface area contributed by atoms with Gasteiger partial charge in [0.1, 0.15) is 5.00 Å². The lowest BCUT2D eigenvalue weighted by molar-refractivity contribution is -0.129. The molecule has 2 rings (SSSR count). The number of hydrogen-bond donors (Lipinski definition) is 1. The number of nitrogens with one attached hydrogen (secondary N) is 1. The Hall–Kier alpha value is -1.89. The Morgan fingerprint density at radius 3 is 2.67 bits per heavy atom. The number of carbonyl (C=O) groups excluding carboxylic acids is 3. The van der Waals surface area contributed by atoms with E-state index >= 15 is 0 Å². The van der Waals surface area contributed by atoms with Gasteiger partial charge in [-0.25, -0.2) is 4.79 Å². The molecular formula is C14H18N2O4S. The van der Waals surface area contributed by atoms with Crippen LogP contribution in [0.3, 0.4) is 0 Å². The molecular weight excluding hydrogens is 292 g/mol. The summed E-state index contributed by atoms with van der Waals surface area (Å²) in [5.41, 5.74) is 1.32. The van der Waals surface area contributed by atoms with E-state index in [4.69, 9.17) is 4.74 Å². The number of ether oxygens (including phenoxy) is 1. The van der Waals surface area contributed by atoms with Crippen molar-refractivity contribution in [2.24, 2.45) is 0 Å². The molecule has 114 valence electrons. The van der Waals surface area contributed by atoms with Gasteiger partial charge in [-0.2, -0.15) is 0 Å². The van der Waals surface area contributed by atoms with E-state index in [0.717, 1.165) is 10.4 Å². The summed E-state index contributed by atoms with van der Waals surface area (Å²) in [5.74, 6) is -0.592. The molecule has 1 aromatic rings. The fraction of sp³-hybridized carbons (Fsp3) is 0.500. The van der Waals surface area contributed by atoms with E-state index in [1.54, 1.807) is 11.8 Å². The van der Waals surface area contributed by atoms with Gasteiger partial charge in [-0.3, -0.25) is 9.59 Å². The number of methoxy groups -OCH3 is 1. The van der Waals surface area contributed by atoms with E-state index in [0.29, 0.717) is 36.5 Å². The zero-order valence-electron chi connectivity index (χ0n) is 12.3. The van der Waals surface area contributed by atoms with Crippen LogP contribution in [0.5, 0.6) is 0 Å². The van der Waals surface area contributed by atoms with Gasteiger partial charge in [0.2, 0.25) is 11.8 Å². The minimum Gasteiger partial charge on any atom is -0.465 e. The largest absolute Gasteiger partial charge is 0.465 e. The van der Waals surface area contributed by atoms with Crippen LogP contribution in [-0.4, -0.2) is 36.3 Å². The number of nitrogens with zero attached hydrogens (tertiary/aromatic N) is 1. The van der Waals surface area contributed by atoms with Gasteiger partial charge < -0.3 is 15.0 Å². The number of hydrogen-bond acceptors (Lipinski definition) is 5. The van der Waals surface area contributed by atoms with Crippen LogP contribution in [-0.2, 0) is 27.3 Å². The first-order valence-corrected chi connectivity index (χ1v) is 7.57. The van der Waals surface area contributed by atoms with Crippen molar-refractivity contribution in [3.05, 3.63) is 16.0 Å². The molecule has 2 amide bonds. The van der Waals surface area contributed by atoms with E-state index in [2.05, 4.69) is 5.32 Å². The SMILES string of the molecule is CCC(=O)Nc1sc2c(c1C(=O)OC)CCN(C(C)=O)C2. The molecule has 0 saturated carbocycles. The van der Waals surface area contributed by atoms with Gasteiger partial charge in [0.15, 0.2) is 0 Å². The summed E-state index contributed by atoms with van der Waals surface area (Å²) >= 11 is 1.34. The Morgan fingerprint density at radius 2 is 2.10 bits per heavy atom. The zero-order chi connectivity index (χ0) is 15.6. The number of amides is 2. The molecule has 2 heterocycles. The van der Waals surface area contributed by atoms with E-state index < -0.39 is 5.97 Å². The highest BCUT2D eigenvalue weighted by Crippen LogP contribution is 2.37. The van der Waals surface area contributed by atoms with Crippen molar-refractivity contribution >= 4 is 34.1 Å². The van der Waals surface area contributed by atoms with Gasteiger partial charge in [0.25, 0.3) is 0 Å². The number of fused-ring (bicyclic) bond motifs is 1. The molecule has 0 radical (unpaired) electrons. The summed E-state index contributed by atoms with van der Waals surface area (Å²) < 4.78 is 4.83. The van der Waals surface area contributed by atoms with E-state index in [9.17, 15) is 14.4 Å². The molecule has 6 nitrogen and oxygen atoms in total. The van der Waals surface area contributed by atoms with Crippen LogP contribution in [0.1, 0.15) is 41.1 Å². The maximum atomic E-state index is 12.0. The Labute approximate surface area is 127 Å². The van der Waals surface area contributed by atoms with Gasteiger partial charge in [-0.15, -0.1) is 11.3 Å². The van der Waals surface area contributed by atoms with E-state index in [1.807, 2.05) is 0 Å². The number of thiophene rings is 1. The van der Waals surface area contributed by atoms with Crippen molar-refractivity contribution in [1.29, 1.82) is 0 Å². The molecule has 0 aliphatic carbocycles. The van der Waals surface area contributed by atoms with Crippen LogP contribution in [0.15, 0.2) is 0 Å². The Bertz CT molecular complexity index is 594. The minimum absolute atomic E-state index is 0.00723. The van der Waals surface area contributed by atoms with Crippen molar-refractivity contribution in [1.82, 2.24) is 4.90 Å². The monoisotopic (exact) mass is 310 g/mol. The van der Waals surface area contributed by atoms with Crippen molar-refractivity contribution < 1.29 is 19.1 Å².